The number of hydrogen-bond acceptors (Lipinski definition) is 5. The molecule has 0 fully saturated rings. The Morgan fingerprint density at radius 2 is 2.12 bits per heavy atom. The molecular weight excluding hydrogens is 330 g/mol. The van der Waals surface area contributed by atoms with Crippen LogP contribution < -0.4 is 4.74 Å². The number of pyridine rings is 2. The van der Waals surface area contributed by atoms with E-state index < -0.39 is 0 Å². The van der Waals surface area contributed by atoms with Crippen molar-refractivity contribution in [3.8, 4) is 5.75 Å². The molecule has 1 aliphatic heterocycles. The van der Waals surface area contributed by atoms with Crippen LogP contribution in [-0.4, -0.2) is 43.7 Å². The van der Waals surface area contributed by atoms with Crippen LogP contribution in [0.2, 0.25) is 0 Å². The Kier molecular flexibility index (Phi) is 4.35. The van der Waals surface area contributed by atoms with Gasteiger partial charge in [0.1, 0.15) is 11.9 Å². The molecule has 4 heterocycles. The zero-order valence-electron chi connectivity index (χ0n) is 14.4. The van der Waals surface area contributed by atoms with E-state index in [0.29, 0.717) is 18.8 Å². The molecule has 26 heavy (non-hydrogen) atoms. The van der Waals surface area contributed by atoms with Crippen LogP contribution in [0.4, 0.5) is 0 Å². The summed E-state index contributed by atoms with van der Waals surface area (Å²) in [7, 11) is 1.77. The van der Waals surface area contributed by atoms with Crippen molar-refractivity contribution in [3.63, 3.8) is 0 Å². The molecule has 0 spiro atoms. The van der Waals surface area contributed by atoms with Crippen molar-refractivity contribution in [2.75, 3.05) is 7.05 Å². The van der Waals surface area contributed by atoms with Crippen LogP contribution in [0, 0.1) is 0 Å². The highest BCUT2D eigenvalue weighted by molar-refractivity contribution is 5.92. The Morgan fingerprint density at radius 1 is 1.27 bits per heavy atom. The van der Waals surface area contributed by atoms with Crippen LogP contribution in [0.1, 0.15) is 21.7 Å². The molecule has 132 valence electrons. The summed E-state index contributed by atoms with van der Waals surface area (Å²) < 4.78 is 7.80. The number of aromatic nitrogens is 4. The number of ether oxygens (including phenoxy) is 1. The maximum atomic E-state index is 12.6. The molecule has 7 heteroatoms. The molecule has 0 N–H and O–H groups in total. The maximum Gasteiger partial charge on any atom is 0.274 e. The van der Waals surface area contributed by atoms with E-state index in [1.54, 1.807) is 36.7 Å². The van der Waals surface area contributed by atoms with Gasteiger partial charge in [-0.1, -0.05) is 6.07 Å². The Hall–Kier alpha value is -3.22. The van der Waals surface area contributed by atoms with Crippen molar-refractivity contribution < 1.29 is 9.53 Å². The normalized spacial score (nSPS) is 15.5. The molecule has 0 saturated carbocycles. The lowest BCUT2D eigenvalue weighted by Crippen LogP contribution is -2.27. The average Bonchev–Trinajstić information content (AvgIpc) is 3.21. The van der Waals surface area contributed by atoms with Gasteiger partial charge in [-0.15, -0.1) is 0 Å². The van der Waals surface area contributed by atoms with Gasteiger partial charge in [-0.05, 0) is 29.8 Å². The minimum atomic E-state index is -0.0950. The van der Waals surface area contributed by atoms with Crippen LogP contribution in [0.5, 0.6) is 5.75 Å². The lowest BCUT2D eigenvalue weighted by atomic mass is 10.2. The average molecular weight is 349 g/mol. The number of amides is 1. The van der Waals surface area contributed by atoms with Crippen LogP contribution in [0.3, 0.4) is 0 Å². The second-order valence-corrected chi connectivity index (χ2v) is 6.35. The Morgan fingerprint density at radius 3 is 2.85 bits per heavy atom. The van der Waals surface area contributed by atoms with Crippen molar-refractivity contribution in [1.82, 2.24) is 24.6 Å². The maximum absolute atomic E-state index is 12.6. The summed E-state index contributed by atoms with van der Waals surface area (Å²) in [6, 6.07) is 9.34. The predicted molar refractivity (Wildman–Crippen MR) is 94.6 cm³/mol. The number of carbonyl (C=O) groups is 1. The van der Waals surface area contributed by atoms with Crippen molar-refractivity contribution in [1.29, 1.82) is 0 Å². The molecule has 0 bridgehead atoms. The molecule has 4 rings (SSSR count). The zero-order valence-corrected chi connectivity index (χ0v) is 14.4. The predicted octanol–water partition coefficient (Wildman–Crippen LogP) is 1.95. The topological polar surface area (TPSA) is 73.1 Å². The molecule has 1 aliphatic rings. The van der Waals surface area contributed by atoms with E-state index in [0.717, 1.165) is 23.4 Å². The molecule has 0 aliphatic carbocycles. The highest BCUT2D eigenvalue weighted by atomic mass is 16.5. The molecule has 0 saturated heterocycles. The van der Waals surface area contributed by atoms with E-state index in [1.165, 1.54) is 0 Å². The lowest BCUT2D eigenvalue weighted by molar-refractivity contribution is 0.0777. The van der Waals surface area contributed by atoms with E-state index in [9.17, 15) is 4.79 Å². The first-order valence-electron chi connectivity index (χ1n) is 8.47. The third kappa shape index (κ3) is 3.42. The largest absolute Gasteiger partial charge is 0.488 e. The van der Waals surface area contributed by atoms with Crippen LogP contribution in [0.25, 0.3) is 0 Å². The van der Waals surface area contributed by atoms with Crippen molar-refractivity contribution in [3.05, 3.63) is 72.1 Å². The van der Waals surface area contributed by atoms with Crippen molar-refractivity contribution >= 4 is 5.91 Å². The van der Waals surface area contributed by atoms with Gasteiger partial charge in [-0.3, -0.25) is 19.4 Å². The molecule has 0 aromatic carbocycles. The van der Waals surface area contributed by atoms with Crippen molar-refractivity contribution in [2.45, 2.75) is 25.6 Å². The van der Waals surface area contributed by atoms with Crippen LogP contribution >= 0.6 is 0 Å². The molecule has 3 aromatic rings. The first-order valence-corrected chi connectivity index (χ1v) is 8.47. The van der Waals surface area contributed by atoms with Crippen LogP contribution in [-0.2, 0) is 19.5 Å². The Balaban J connectivity index is 1.39. The Labute approximate surface area is 151 Å². The van der Waals surface area contributed by atoms with E-state index in [2.05, 4.69) is 15.1 Å². The first-order chi connectivity index (χ1) is 12.7. The van der Waals surface area contributed by atoms with Gasteiger partial charge in [0, 0.05) is 50.5 Å². The SMILES string of the molecule is CN(Cc1cccnc1)C(=O)c1cc2n(n1)C[C@@H](Oc1ccncc1)C2. The fourth-order valence-electron chi connectivity index (χ4n) is 3.09. The third-order valence-electron chi connectivity index (χ3n) is 4.34. The van der Waals surface area contributed by atoms with Crippen molar-refractivity contribution in [2.24, 2.45) is 0 Å². The summed E-state index contributed by atoms with van der Waals surface area (Å²) in [5.41, 5.74) is 2.47. The van der Waals surface area contributed by atoms with Crippen LogP contribution in [0.15, 0.2) is 55.1 Å². The number of rotatable bonds is 5. The molecule has 1 atom stereocenters. The number of fused-ring (bicyclic) bond motifs is 1. The first kappa shape index (κ1) is 16.3. The summed E-state index contributed by atoms with van der Waals surface area (Å²) in [4.78, 5) is 22.3. The molecule has 7 nitrogen and oxygen atoms in total. The third-order valence-corrected chi connectivity index (χ3v) is 4.34. The smallest absolute Gasteiger partial charge is 0.274 e. The summed E-state index contributed by atoms with van der Waals surface area (Å²) in [5.74, 6) is 0.700. The van der Waals surface area contributed by atoms with E-state index in [4.69, 9.17) is 4.74 Å². The highest BCUT2D eigenvalue weighted by Gasteiger charge is 2.27. The Bertz CT molecular complexity index is 871. The second kappa shape index (κ2) is 6.95. The monoisotopic (exact) mass is 349 g/mol. The number of carbonyl (C=O) groups excluding carboxylic acids is 1. The van der Waals surface area contributed by atoms with Gasteiger partial charge in [0.15, 0.2) is 5.69 Å². The standard InChI is InChI=1S/C19H19N5O2/c1-23(12-14-3-2-6-21-11-14)19(25)18-10-15-9-17(13-24(15)22-18)26-16-4-7-20-8-5-16/h2-8,10-11,17H,9,12-13H2,1H3/t17-/m0/s1. The summed E-state index contributed by atoms with van der Waals surface area (Å²) in [6.45, 7) is 1.14. The minimum Gasteiger partial charge on any atom is -0.488 e. The minimum absolute atomic E-state index is 0.0252. The van der Waals surface area contributed by atoms with Gasteiger partial charge in [0.05, 0.1) is 6.54 Å². The molecular formula is C19H19N5O2. The quantitative estimate of drug-likeness (QED) is 0.704. The summed E-state index contributed by atoms with van der Waals surface area (Å²) >= 11 is 0. The van der Waals surface area contributed by atoms with Gasteiger partial charge < -0.3 is 9.64 Å². The fraction of sp³-hybridized carbons (Fsp3) is 0.263. The van der Waals surface area contributed by atoms with Gasteiger partial charge in [0.2, 0.25) is 0 Å². The molecule has 0 radical (unpaired) electrons. The zero-order chi connectivity index (χ0) is 17.9. The van der Waals surface area contributed by atoms with E-state index >= 15 is 0 Å². The van der Waals surface area contributed by atoms with Gasteiger partial charge in [-0.2, -0.15) is 5.10 Å². The van der Waals surface area contributed by atoms with Gasteiger partial charge >= 0.3 is 0 Å². The number of hydrogen-bond donors (Lipinski definition) is 0. The lowest BCUT2D eigenvalue weighted by Gasteiger charge is -2.16. The number of nitrogens with zero attached hydrogens (tertiary/aromatic N) is 5. The van der Waals surface area contributed by atoms with Gasteiger partial charge in [-0.25, -0.2) is 0 Å². The van der Waals surface area contributed by atoms with E-state index in [1.807, 2.05) is 35.0 Å². The second-order valence-electron chi connectivity index (χ2n) is 6.35. The molecule has 0 unspecified atom stereocenters. The summed E-state index contributed by atoms with van der Waals surface area (Å²) in [5, 5.41) is 4.46. The van der Waals surface area contributed by atoms with E-state index in [-0.39, 0.29) is 12.0 Å². The highest BCUT2D eigenvalue weighted by Crippen LogP contribution is 2.21. The molecule has 1 amide bonds. The fourth-order valence-corrected chi connectivity index (χ4v) is 3.09. The van der Waals surface area contributed by atoms with Gasteiger partial charge in [0.25, 0.3) is 5.91 Å². The summed E-state index contributed by atoms with van der Waals surface area (Å²) in [6.07, 6.45) is 7.65. The molecule has 3 aromatic heterocycles.